The number of aliphatic hydroxyl groups excluding tert-OH is 2. The summed E-state index contributed by atoms with van der Waals surface area (Å²) < 4.78 is 21.9. The summed E-state index contributed by atoms with van der Waals surface area (Å²) in [6, 6.07) is 10.6. The first kappa shape index (κ1) is 32.7. The fourth-order valence-electron chi connectivity index (χ4n) is 4.09. The van der Waals surface area contributed by atoms with Crippen molar-refractivity contribution < 1.29 is 38.7 Å². The fourth-order valence-corrected chi connectivity index (χ4v) is 4.09. The van der Waals surface area contributed by atoms with Crippen LogP contribution in [-0.4, -0.2) is 49.7 Å². The van der Waals surface area contributed by atoms with E-state index in [-0.39, 0.29) is 13.2 Å². The molecule has 0 spiro atoms. The highest BCUT2D eigenvalue weighted by Gasteiger charge is 2.27. The molecule has 2 aromatic carbocycles. The number of carbonyl (C=O) groups is 2. The molecule has 2 rings (SSSR count). The molecule has 0 saturated heterocycles. The van der Waals surface area contributed by atoms with E-state index in [2.05, 4.69) is 10.6 Å². The molecule has 0 aliphatic heterocycles. The van der Waals surface area contributed by atoms with Crippen LogP contribution in [0.2, 0.25) is 0 Å². The summed E-state index contributed by atoms with van der Waals surface area (Å²) in [7, 11) is 3.13. The van der Waals surface area contributed by atoms with Gasteiger partial charge >= 0.3 is 12.2 Å². The average molecular weight is 561 g/mol. The van der Waals surface area contributed by atoms with Crippen molar-refractivity contribution >= 4 is 12.2 Å². The molecule has 0 aliphatic carbocycles. The number of benzene rings is 2. The van der Waals surface area contributed by atoms with E-state index in [4.69, 9.17) is 18.9 Å². The molecule has 0 unspecified atom stereocenters. The van der Waals surface area contributed by atoms with Gasteiger partial charge in [0, 0.05) is 24.7 Å². The van der Waals surface area contributed by atoms with Gasteiger partial charge in [0.15, 0.2) is 0 Å². The number of hydrogen-bond donors (Lipinski definition) is 4. The van der Waals surface area contributed by atoms with Gasteiger partial charge < -0.3 is 39.8 Å². The van der Waals surface area contributed by atoms with Crippen molar-refractivity contribution in [3.63, 3.8) is 0 Å². The van der Waals surface area contributed by atoms with Crippen LogP contribution in [-0.2, 0) is 33.9 Å². The van der Waals surface area contributed by atoms with Gasteiger partial charge in [0.05, 0.1) is 27.4 Å². The van der Waals surface area contributed by atoms with Crippen molar-refractivity contribution in [3.8, 4) is 11.5 Å². The van der Waals surface area contributed by atoms with E-state index in [1.807, 2.05) is 12.1 Å². The van der Waals surface area contributed by atoms with Crippen molar-refractivity contribution in [1.29, 1.82) is 0 Å². The van der Waals surface area contributed by atoms with Crippen LogP contribution < -0.4 is 20.1 Å². The Bertz CT molecular complexity index is 985. The van der Waals surface area contributed by atoms with Crippen molar-refractivity contribution in [2.45, 2.75) is 77.8 Å². The zero-order valence-corrected chi connectivity index (χ0v) is 24.5. The summed E-state index contributed by atoms with van der Waals surface area (Å²) in [5, 5.41) is 24.5. The van der Waals surface area contributed by atoms with Gasteiger partial charge in [-0.2, -0.15) is 0 Å². The number of rotatable bonds is 15. The number of unbranched alkanes of at least 4 members (excludes halogenated alkanes) is 3. The minimum absolute atomic E-state index is 0.170. The predicted octanol–water partition coefficient (Wildman–Crippen LogP) is 4.87. The minimum Gasteiger partial charge on any atom is -0.497 e. The third kappa shape index (κ3) is 10.2. The molecule has 10 nitrogen and oxygen atoms in total. The number of ether oxygens (including phenoxy) is 4. The summed E-state index contributed by atoms with van der Waals surface area (Å²) in [6.07, 6.45) is 2.23. The summed E-state index contributed by atoms with van der Waals surface area (Å²) >= 11 is 0. The van der Waals surface area contributed by atoms with Gasteiger partial charge in [0.25, 0.3) is 0 Å². The Balaban J connectivity index is 1.66. The van der Waals surface area contributed by atoms with Crippen molar-refractivity contribution in [3.05, 3.63) is 58.7 Å². The van der Waals surface area contributed by atoms with Crippen LogP contribution in [0.3, 0.4) is 0 Å². The van der Waals surface area contributed by atoms with E-state index in [0.717, 1.165) is 31.2 Å². The molecular formula is C30H44N2O8. The molecule has 0 bridgehead atoms. The van der Waals surface area contributed by atoms with Crippen molar-refractivity contribution in [1.82, 2.24) is 10.6 Å². The molecule has 2 aromatic rings. The van der Waals surface area contributed by atoms with Crippen LogP contribution in [0.15, 0.2) is 36.4 Å². The third-order valence-corrected chi connectivity index (χ3v) is 6.50. The molecule has 222 valence electrons. The minimum atomic E-state index is -0.938. The molecule has 0 aromatic heterocycles. The maximum Gasteiger partial charge on any atom is 0.408 e. The summed E-state index contributed by atoms with van der Waals surface area (Å²) in [5.41, 5.74) is 0.902. The third-order valence-electron chi connectivity index (χ3n) is 6.50. The average Bonchev–Trinajstić information content (AvgIpc) is 2.93. The summed E-state index contributed by atoms with van der Waals surface area (Å²) in [6.45, 7) is 7.72. The topological polar surface area (TPSA) is 136 Å². The van der Waals surface area contributed by atoms with Gasteiger partial charge in [0.2, 0.25) is 0 Å². The molecule has 40 heavy (non-hydrogen) atoms. The predicted molar refractivity (Wildman–Crippen MR) is 151 cm³/mol. The second-order valence-corrected chi connectivity index (χ2v) is 10.5. The van der Waals surface area contributed by atoms with Crippen LogP contribution in [0.1, 0.15) is 75.6 Å². The Kier molecular flexibility index (Phi) is 12.5. The lowest BCUT2D eigenvalue weighted by Crippen LogP contribution is -2.34. The summed E-state index contributed by atoms with van der Waals surface area (Å²) in [5.74, 6) is 1.23. The quantitative estimate of drug-likeness (QED) is 0.227. The van der Waals surface area contributed by atoms with E-state index in [1.165, 1.54) is 0 Å². The monoisotopic (exact) mass is 560 g/mol. The molecule has 0 aliphatic rings. The molecule has 10 heteroatoms. The molecule has 0 fully saturated rings. The van der Waals surface area contributed by atoms with Crippen LogP contribution in [0.4, 0.5) is 9.59 Å². The Morgan fingerprint density at radius 1 is 0.650 bits per heavy atom. The van der Waals surface area contributed by atoms with Gasteiger partial charge in [0.1, 0.15) is 22.7 Å². The van der Waals surface area contributed by atoms with Gasteiger partial charge in [-0.05, 0) is 81.5 Å². The smallest absolute Gasteiger partial charge is 0.408 e. The lowest BCUT2D eigenvalue weighted by Gasteiger charge is -2.27. The van der Waals surface area contributed by atoms with Crippen LogP contribution in [0.25, 0.3) is 0 Å². The standard InChI is InChI=1S/C30H44N2O8/c1-29(2,23-14-21(19-33)13-22(15-23)20-34)39-27(35)31-11-9-7-8-10-12-32-28(36)40-30(3,4)24-16-25(37-5)18-26(17-24)38-6/h13-18,33-34H,7-12,19-20H2,1-6H3,(H,31,35)(H,32,36). The lowest BCUT2D eigenvalue weighted by molar-refractivity contribution is 0.0350. The van der Waals surface area contributed by atoms with Gasteiger partial charge in [-0.3, -0.25) is 0 Å². The zero-order valence-electron chi connectivity index (χ0n) is 24.5. The van der Waals surface area contributed by atoms with Crippen LogP contribution in [0, 0.1) is 0 Å². The normalized spacial score (nSPS) is 11.5. The largest absolute Gasteiger partial charge is 0.497 e. The van der Waals surface area contributed by atoms with E-state index < -0.39 is 23.4 Å². The molecule has 0 radical (unpaired) electrons. The Hall–Kier alpha value is -3.50. The number of alkyl carbamates (subject to hydrolysis) is 2. The number of amides is 2. The van der Waals surface area contributed by atoms with Gasteiger partial charge in [-0.25, -0.2) is 9.59 Å². The first-order valence-corrected chi connectivity index (χ1v) is 13.5. The second kappa shape index (κ2) is 15.3. The first-order chi connectivity index (χ1) is 18.9. The van der Waals surface area contributed by atoms with E-state index >= 15 is 0 Å². The number of methoxy groups -OCH3 is 2. The highest BCUT2D eigenvalue weighted by atomic mass is 16.6. The number of aliphatic hydroxyl groups is 2. The van der Waals surface area contributed by atoms with Gasteiger partial charge in [-0.1, -0.05) is 18.9 Å². The SMILES string of the molecule is COc1cc(OC)cc(C(C)(C)OC(=O)NCCCCCCNC(=O)OC(C)(C)c2cc(CO)cc(CO)c2)c1. The molecule has 0 saturated carbocycles. The van der Waals surface area contributed by atoms with Crippen molar-refractivity contribution in [2.24, 2.45) is 0 Å². The highest BCUT2D eigenvalue weighted by molar-refractivity contribution is 5.68. The zero-order chi connectivity index (χ0) is 29.8. The number of nitrogens with one attached hydrogen (secondary N) is 2. The summed E-state index contributed by atoms with van der Waals surface area (Å²) in [4.78, 5) is 24.7. The van der Waals surface area contributed by atoms with E-state index in [0.29, 0.717) is 41.3 Å². The van der Waals surface area contributed by atoms with E-state index in [1.54, 1.807) is 66.2 Å². The lowest BCUT2D eigenvalue weighted by atomic mass is 9.94. The highest BCUT2D eigenvalue weighted by Crippen LogP contribution is 2.32. The maximum atomic E-state index is 12.4. The van der Waals surface area contributed by atoms with E-state index in [9.17, 15) is 19.8 Å². The molecule has 2 amide bonds. The van der Waals surface area contributed by atoms with Gasteiger partial charge in [-0.15, -0.1) is 0 Å². The second-order valence-electron chi connectivity index (χ2n) is 10.5. The molecule has 0 atom stereocenters. The van der Waals surface area contributed by atoms with Crippen LogP contribution >= 0.6 is 0 Å². The van der Waals surface area contributed by atoms with Crippen molar-refractivity contribution in [2.75, 3.05) is 27.3 Å². The first-order valence-electron chi connectivity index (χ1n) is 13.5. The number of hydrogen-bond acceptors (Lipinski definition) is 8. The fraction of sp³-hybridized carbons (Fsp3) is 0.533. The Labute approximate surface area is 237 Å². The molecule has 0 heterocycles. The number of carbonyl (C=O) groups excluding carboxylic acids is 2. The molecule has 4 N–H and O–H groups in total. The Morgan fingerprint density at radius 3 is 1.43 bits per heavy atom. The molecular weight excluding hydrogens is 516 g/mol. The Morgan fingerprint density at radius 2 is 1.05 bits per heavy atom. The maximum absolute atomic E-state index is 12.4. The van der Waals surface area contributed by atoms with Crippen LogP contribution in [0.5, 0.6) is 11.5 Å².